The maximum absolute atomic E-state index is 12.7. The number of ether oxygens (including phenoxy) is 2. The molecule has 24 heavy (non-hydrogen) atoms. The first-order chi connectivity index (χ1) is 11.7. The molecule has 1 unspecified atom stereocenters. The van der Waals surface area contributed by atoms with E-state index < -0.39 is 5.41 Å². The molecule has 0 radical (unpaired) electrons. The van der Waals surface area contributed by atoms with Crippen molar-refractivity contribution < 1.29 is 14.3 Å². The van der Waals surface area contributed by atoms with Gasteiger partial charge in [-0.15, -0.1) is 0 Å². The van der Waals surface area contributed by atoms with Gasteiger partial charge in [0.25, 0.3) is 0 Å². The summed E-state index contributed by atoms with van der Waals surface area (Å²) in [6.45, 7) is 0.869. The minimum absolute atomic E-state index is 0.0484. The molecular formula is C19H18ClNO3. The average Bonchev–Trinajstić information content (AvgIpc) is 3.42. The Bertz CT molecular complexity index is 755. The van der Waals surface area contributed by atoms with E-state index in [1.54, 1.807) is 0 Å². The molecule has 0 bridgehead atoms. The van der Waals surface area contributed by atoms with Crippen LogP contribution < -0.4 is 14.8 Å². The van der Waals surface area contributed by atoms with Crippen LogP contribution in [0.25, 0.3) is 0 Å². The highest BCUT2D eigenvalue weighted by Crippen LogP contribution is 2.48. The fraction of sp³-hybridized carbons (Fsp3) is 0.316. The summed E-state index contributed by atoms with van der Waals surface area (Å²) in [4.78, 5) is 12.7. The zero-order chi connectivity index (χ0) is 16.6. The molecule has 5 heteroatoms. The van der Waals surface area contributed by atoms with Crippen LogP contribution in [0, 0.1) is 0 Å². The maximum atomic E-state index is 12.7. The Morgan fingerprint density at radius 2 is 1.83 bits per heavy atom. The number of carbonyl (C=O) groups excluding carboxylic acids is 1. The first-order valence-corrected chi connectivity index (χ1v) is 8.48. The van der Waals surface area contributed by atoms with Gasteiger partial charge in [-0.05, 0) is 42.7 Å². The van der Waals surface area contributed by atoms with Crippen LogP contribution in [0.3, 0.4) is 0 Å². The third kappa shape index (κ3) is 2.82. The van der Waals surface area contributed by atoms with Gasteiger partial charge >= 0.3 is 0 Å². The van der Waals surface area contributed by atoms with Crippen molar-refractivity contribution in [2.24, 2.45) is 0 Å². The lowest BCUT2D eigenvalue weighted by Crippen LogP contribution is -2.44. The maximum Gasteiger partial charge on any atom is 0.230 e. The van der Waals surface area contributed by atoms with Crippen molar-refractivity contribution in [2.45, 2.75) is 24.4 Å². The lowest BCUT2D eigenvalue weighted by atomic mass is 9.95. The van der Waals surface area contributed by atoms with Gasteiger partial charge in [-0.2, -0.15) is 0 Å². The van der Waals surface area contributed by atoms with E-state index in [1.165, 1.54) is 0 Å². The van der Waals surface area contributed by atoms with E-state index >= 15 is 0 Å². The van der Waals surface area contributed by atoms with Crippen LogP contribution in [-0.2, 0) is 10.2 Å². The molecule has 1 amide bonds. The van der Waals surface area contributed by atoms with Gasteiger partial charge < -0.3 is 14.8 Å². The molecular weight excluding hydrogens is 326 g/mol. The number of para-hydroxylation sites is 2. The molecule has 0 aromatic heterocycles. The van der Waals surface area contributed by atoms with Gasteiger partial charge in [0.2, 0.25) is 5.91 Å². The van der Waals surface area contributed by atoms with Crippen LogP contribution in [-0.4, -0.2) is 25.2 Å². The van der Waals surface area contributed by atoms with Crippen LogP contribution in [0.5, 0.6) is 11.5 Å². The largest absolute Gasteiger partial charge is 0.486 e. The lowest BCUT2D eigenvalue weighted by molar-refractivity contribution is -0.124. The normalized spacial score (nSPS) is 20.3. The molecule has 124 valence electrons. The number of hydrogen-bond donors (Lipinski definition) is 1. The Kier molecular flexibility index (Phi) is 3.85. The van der Waals surface area contributed by atoms with Crippen LogP contribution in [0.4, 0.5) is 0 Å². The minimum atomic E-state index is -0.405. The Balaban J connectivity index is 1.38. The molecule has 1 atom stereocenters. The van der Waals surface area contributed by atoms with Gasteiger partial charge in [-0.1, -0.05) is 35.9 Å². The summed E-state index contributed by atoms with van der Waals surface area (Å²) in [7, 11) is 0. The number of benzene rings is 2. The number of hydrogen-bond acceptors (Lipinski definition) is 3. The van der Waals surface area contributed by atoms with Crippen LogP contribution >= 0.6 is 11.6 Å². The standard InChI is InChI=1S/C19H18ClNO3/c20-14-7-5-13(6-8-14)19(9-10-19)18(22)21-11-15-12-23-16-3-1-2-4-17(16)24-15/h1-8,15H,9-12H2,(H,21,22). The minimum Gasteiger partial charge on any atom is -0.486 e. The molecule has 1 heterocycles. The summed E-state index contributed by atoms with van der Waals surface area (Å²) in [5.41, 5.74) is 0.619. The van der Waals surface area contributed by atoms with Crippen molar-refractivity contribution in [3.63, 3.8) is 0 Å². The van der Waals surface area contributed by atoms with Crippen LogP contribution in [0.2, 0.25) is 5.02 Å². The van der Waals surface area contributed by atoms with Crippen molar-refractivity contribution in [1.82, 2.24) is 5.32 Å². The summed E-state index contributed by atoms with van der Waals surface area (Å²) in [6, 6.07) is 15.1. The number of carbonyl (C=O) groups is 1. The second-order valence-electron chi connectivity index (χ2n) is 6.30. The molecule has 0 spiro atoms. The summed E-state index contributed by atoms with van der Waals surface area (Å²) < 4.78 is 11.6. The number of amides is 1. The summed E-state index contributed by atoms with van der Waals surface area (Å²) in [6.07, 6.45) is 1.56. The van der Waals surface area contributed by atoms with E-state index in [0.717, 1.165) is 29.9 Å². The predicted octanol–water partition coefficient (Wildman–Crippen LogP) is 3.33. The van der Waals surface area contributed by atoms with Crippen LogP contribution in [0.1, 0.15) is 18.4 Å². The molecule has 1 fully saturated rings. The highest BCUT2D eigenvalue weighted by atomic mass is 35.5. The molecule has 1 saturated carbocycles. The third-order valence-electron chi connectivity index (χ3n) is 4.64. The first-order valence-electron chi connectivity index (χ1n) is 8.10. The Labute approximate surface area is 145 Å². The molecule has 2 aromatic carbocycles. The predicted molar refractivity (Wildman–Crippen MR) is 91.7 cm³/mol. The SMILES string of the molecule is O=C(NCC1COc2ccccc2O1)C1(c2ccc(Cl)cc2)CC1. The fourth-order valence-corrected chi connectivity index (χ4v) is 3.21. The van der Waals surface area contributed by atoms with Gasteiger partial charge in [0.15, 0.2) is 11.5 Å². The number of rotatable bonds is 4. The van der Waals surface area contributed by atoms with E-state index in [4.69, 9.17) is 21.1 Å². The van der Waals surface area contributed by atoms with Gasteiger partial charge in [0.05, 0.1) is 12.0 Å². The second-order valence-corrected chi connectivity index (χ2v) is 6.73. The topological polar surface area (TPSA) is 47.6 Å². The van der Waals surface area contributed by atoms with Crippen molar-refractivity contribution in [1.29, 1.82) is 0 Å². The van der Waals surface area contributed by atoms with Gasteiger partial charge in [0.1, 0.15) is 12.7 Å². The molecule has 1 N–H and O–H groups in total. The number of fused-ring (bicyclic) bond motifs is 1. The Morgan fingerprint density at radius 1 is 1.12 bits per heavy atom. The van der Waals surface area contributed by atoms with E-state index in [1.807, 2.05) is 48.5 Å². The zero-order valence-electron chi connectivity index (χ0n) is 13.1. The molecule has 1 aliphatic heterocycles. The number of halogens is 1. The molecule has 4 nitrogen and oxygen atoms in total. The first kappa shape index (κ1) is 15.3. The van der Waals surface area contributed by atoms with Gasteiger partial charge in [0, 0.05) is 5.02 Å². The smallest absolute Gasteiger partial charge is 0.230 e. The van der Waals surface area contributed by atoms with E-state index in [-0.39, 0.29) is 12.0 Å². The highest BCUT2D eigenvalue weighted by molar-refractivity contribution is 6.30. The van der Waals surface area contributed by atoms with Crippen molar-refractivity contribution in [3.05, 3.63) is 59.1 Å². The summed E-state index contributed by atoms with van der Waals surface area (Å²) in [5, 5.41) is 3.70. The zero-order valence-corrected chi connectivity index (χ0v) is 13.9. The van der Waals surface area contributed by atoms with Crippen LogP contribution in [0.15, 0.2) is 48.5 Å². The molecule has 2 aliphatic rings. The van der Waals surface area contributed by atoms with E-state index in [9.17, 15) is 4.79 Å². The number of nitrogens with one attached hydrogen (secondary N) is 1. The lowest BCUT2D eigenvalue weighted by Gasteiger charge is -2.27. The van der Waals surface area contributed by atoms with Crippen molar-refractivity contribution in [3.8, 4) is 11.5 Å². The second kappa shape index (κ2) is 6.02. The van der Waals surface area contributed by atoms with Crippen molar-refractivity contribution in [2.75, 3.05) is 13.2 Å². The highest BCUT2D eigenvalue weighted by Gasteiger charge is 2.51. The molecule has 1 aliphatic carbocycles. The van der Waals surface area contributed by atoms with Gasteiger partial charge in [-0.25, -0.2) is 0 Å². The monoisotopic (exact) mass is 343 g/mol. The molecule has 2 aromatic rings. The van der Waals surface area contributed by atoms with E-state index in [0.29, 0.717) is 18.2 Å². The Morgan fingerprint density at radius 3 is 2.54 bits per heavy atom. The molecule has 4 rings (SSSR count). The van der Waals surface area contributed by atoms with Gasteiger partial charge in [-0.3, -0.25) is 4.79 Å². The third-order valence-corrected chi connectivity index (χ3v) is 4.89. The van der Waals surface area contributed by atoms with E-state index in [2.05, 4.69) is 5.32 Å². The Hall–Kier alpha value is -2.20. The fourth-order valence-electron chi connectivity index (χ4n) is 3.08. The summed E-state index contributed by atoms with van der Waals surface area (Å²) >= 11 is 5.93. The molecule has 0 saturated heterocycles. The van der Waals surface area contributed by atoms with Crippen molar-refractivity contribution >= 4 is 17.5 Å². The average molecular weight is 344 g/mol. The summed E-state index contributed by atoms with van der Waals surface area (Å²) in [5.74, 6) is 1.52. The quantitative estimate of drug-likeness (QED) is 0.926.